The lowest BCUT2D eigenvalue weighted by atomic mass is 10.1. The molecule has 7 nitrogen and oxygen atoms in total. The van der Waals surface area contributed by atoms with E-state index in [0.29, 0.717) is 10.9 Å². The summed E-state index contributed by atoms with van der Waals surface area (Å²) in [6.45, 7) is -3.06. The molecule has 0 spiro atoms. The molecule has 0 fully saturated rings. The number of ether oxygens (including phenoxy) is 2. The molecule has 1 N–H and O–H groups in total. The summed E-state index contributed by atoms with van der Waals surface area (Å²) in [6.07, 6.45) is 3.54. The van der Waals surface area contributed by atoms with Gasteiger partial charge in [0.15, 0.2) is 11.5 Å². The van der Waals surface area contributed by atoms with Gasteiger partial charge in [-0.3, -0.25) is 15.0 Å². The first-order valence-electron chi connectivity index (χ1n) is 8.07. The number of benzene rings is 2. The summed E-state index contributed by atoms with van der Waals surface area (Å²) in [4.78, 5) is 28.6. The van der Waals surface area contributed by atoms with Crippen LogP contribution in [0.25, 0.3) is 17.0 Å². The molecule has 0 radical (unpaired) electrons. The van der Waals surface area contributed by atoms with Crippen molar-refractivity contribution in [3.63, 3.8) is 0 Å². The van der Waals surface area contributed by atoms with E-state index in [1.807, 2.05) is 0 Å². The van der Waals surface area contributed by atoms with Gasteiger partial charge in [0.25, 0.3) is 11.5 Å². The quantitative estimate of drug-likeness (QED) is 0.658. The molecule has 3 aromatic rings. The van der Waals surface area contributed by atoms with Crippen LogP contribution in [0.2, 0.25) is 0 Å². The van der Waals surface area contributed by atoms with Gasteiger partial charge in [0.05, 0.1) is 18.0 Å². The number of carbonyl (C=O) groups excluding carboxylic acids is 1. The van der Waals surface area contributed by atoms with Crippen LogP contribution in [0.15, 0.2) is 59.7 Å². The highest BCUT2D eigenvalue weighted by Gasteiger charge is 2.14. The zero-order valence-corrected chi connectivity index (χ0v) is 14.6. The van der Waals surface area contributed by atoms with E-state index >= 15 is 0 Å². The summed E-state index contributed by atoms with van der Waals surface area (Å²) in [5.41, 5.74) is 2.61. The second-order valence-electron chi connectivity index (χ2n) is 5.50. The summed E-state index contributed by atoms with van der Waals surface area (Å²) in [6, 6.07) is 11.2. The van der Waals surface area contributed by atoms with E-state index in [-0.39, 0.29) is 17.1 Å². The van der Waals surface area contributed by atoms with Crippen molar-refractivity contribution in [1.29, 1.82) is 0 Å². The minimum atomic E-state index is -3.06. The lowest BCUT2D eigenvalue weighted by Crippen LogP contribution is -2.32. The molecule has 0 aliphatic heterocycles. The normalized spacial score (nSPS) is 11.1. The van der Waals surface area contributed by atoms with E-state index in [1.54, 1.807) is 30.3 Å². The van der Waals surface area contributed by atoms with Crippen LogP contribution in [0, 0.1) is 0 Å². The van der Waals surface area contributed by atoms with Gasteiger partial charge in [-0.25, -0.2) is 9.66 Å². The Morgan fingerprint density at radius 2 is 2.00 bits per heavy atom. The molecule has 0 aliphatic rings. The number of rotatable bonds is 6. The molecular weight excluding hydrogens is 372 g/mol. The van der Waals surface area contributed by atoms with E-state index in [0.717, 1.165) is 10.8 Å². The standard InChI is InChI=1S/C19H15F2N3O4/c1-27-15-8-4-5-12(17(15)28-19(20)21)9-10-16(25)23-24-11-22-14-7-3-2-6-13(14)18(24)26/h2-11,19H,1H3,(H,23,25)/b10-9+. The zero-order chi connectivity index (χ0) is 20.1. The third-order valence-electron chi connectivity index (χ3n) is 3.75. The topological polar surface area (TPSA) is 82.5 Å². The molecule has 1 amide bonds. The number of hydrogen-bond donors (Lipinski definition) is 1. The second kappa shape index (κ2) is 8.30. The number of para-hydroxylation sites is 2. The van der Waals surface area contributed by atoms with E-state index in [2.05, 4.69) is 15.1 Å². The predicted octanol–water partition coefficient (Wildman–Crippen LogP) is 2.79. The number of carbonyl (C=O) groups is 1. The van der Waals surface area contributed by atoms with Crippen LogP contribution in [-0.4, -0.2) is 29.3 Å². The number of nitrogens with zero attached hydrogens (tertiary/aromatic N) is 2. The molecule has 9 heteroatoms. The lowest BCUT2D eigenvalue weighted by Gasteiger charge is -2.12. The molecule has 0 saturated heterocycles. The van der Waals surface area contributed by atoms with Crippen molar-refractivity contribution in [3.8, 4) is 11.5 Å². The van der Waals surface area contributed by atoms with E-state index in [9.17, 15) is 18.4 Å². The number of halogens is 2. The van der Waals surface area contributed by atoms with Crippen LogP contribution < -0.4 is 20.5 Å². The van der Waals surface area contributed by atoms with Gasteiger partial charge in [-0.15, -0.1) is 0 Å². The van der Waals surface area contributed by atoms with Crippen molar-refractivity contribution in [2.75, 3.05) is 12.5 Å². The molecule has 1 aromatic heterocycles. The first-order chi connectivity index (χ1) is 13.5. The SMILES string of the molecule is COc1cccc(/C=C/C(=O)Nn2cnc3ccccc3c2=O)c1OC(F)F. The maximum Gasteiger partial charge on any atom is 0.387 e. The highest BCUT2D eigenvalue weighted by Crippen LogP contribution is 2.33. The fraction of sp³-hybridized carbons (Fsp3) is 0.105. The van der Waals surface area contributed by atoms with Gasteiger partial charge < -0.3 is 9.47 Å². The highest BCUT2D eigenvalue weighted by atomic mass is 19.3. The minimum absolute atomic E-state index is 0.0952. The van der Waals surface area contributed by atoms with Gasteiger partial charge >= 0.3 is 6.61 Å². The maximum absolute atomic E-state index is 12.6. The Morgan fingerprint density at radius 3 is 2.75 bits per heavy atom. The van der Waals surface area contributed by atoms with Gasteiger partial charge in [-0.05, 0) is 24.3 Å². The molecule has 0 bridgehead atoms. The zero-order valence-electron chi connectivity index (χ0n) is 14.6. The number of nitrogens with one attached hydrogen (secondary N) is 1. The first-order valence-corrected chi connectivity index (χ1v) is 8.07. The fourth-order valence-corrected chi connectivity index (χ4v) is 2.51. The molecule has 28 heavy (non-hydrogen) atoms. The summed E-state index contributed by atoms with van der Waals surface area (Å²) in [5, 5.41) is 0.342. The number of fused-ring (bicyclic) bond motifs is 1. The Balaban J connectivity index is 1.83. The Hall–Kier alpha value is -3.75. The fourth-order valence-electron chi connectivity index (χ4n) is 2.51. The van der Waals surface area contributed by atoms with Crippen molar-refractivity contribution in [2.45, 2.75) is 6.61 Å². The predicted molar refractivity (Wildman–Crippen MR) is 99.0 cm³/mol. The van der Waals surface area contributed by atoms with E-state index in [4.69, 9.17) is 4.74 Å². The van der Waals surface area contributed by atoms with Crippen molar-refractivity contribution < 1.29 is 23.0 Å². The van der Waals surface area contributed by atoms with Gasteiger partial charge in [0.2, 0.25) is 0 Å². The molecule has 144 valence electrons. The van der Waals surface area contributed by atoms with E-state index < -0.39 is 18.1 Å². The third-order valence-corrected chi connectivity index (χ3v) is 3.75. The molecule has 0 unspecified atom stereocenters. The van der Waals surface area contributed by atoms with Crippen LogP contribution >= 0.6 is 0 Å². The van der Waals surface area contributed by atoms with Gasteiger partial charge in [0.1, 0.15) is 6.33 Å². The Kier molecular flexibility index (Phi) is 5.64. The number of methoxy groups -OCH3 is 1. The molecular formula is C19H15F2N3O4. The van der Waals surface area contributed by atoms with Crippen molar-refractivity contribution in [3.05, 3.63) is 70.8 Å². The van der Waals surface area contributed by atoms with Crippen molar-refractivity contribution in [2.24, 2.45) is 0 Å². The highest BCUT2D eigenvalue weighted by molar-refractivity contribution is 5.97. The van der Waals surface area contributed by atoms with Crippen molar-refractivity contribution >= 4 is 22.9 Å². The summed E-state index contributed by atoms with van der Waals surface area (Å²) in [7, 11) is 1.31. The largest absolute Gasteiger partial charge is 0.493 e. The molecule has 3 rings (SSSR count). The Bertz CT molecular complexity index is 1100. The summed E-state index contributed by atoms with van der Waals surface area (Å²) in [5.74, 6) is -0.767. The van der Waals surface area contributed by atoms with Crippen LogP contribution in [-0.2, 0) is 4.79 Å². The average Bonchev–Trinajstić information content (AvgIpc) is 2.69. The number of aromatic nitrogens is 2. The Morgan fingerprint density at radius 1 is 1.21 bits per heavy atom. The first kappa shape index (κ1) is 19.0. The smallest absolute Gasteiger partial charge is 0.387 e. The van der Waals surface area contributed by atoms with Gasteiger partial charge in [-0.2, -0.15) is 8.78 Å². The number of hydrogen-bond acceptors (Lipinski definition) is 5. The lowest BCUT2D eigenvalue weighted by molar-refractivity contribution is -0.112. The van der Waals surface area contributed by atoms with Gasteiger partial charge in [-0.1, -0.05) is 24.3 Å². The third kappa shape index (κ3) is 4.14. The maximum atomic E-state index is 12.6. The number of amides is 1. The second-order valence-corrected chi connectivity index (χ2v) is 5.50. The summed E-state index contributed by atoms with van der Waals surface area (Å²) < 4.78 is 35.7. The van der Waals surface area contributed by atoms with Crippen LogP contribution in [0.4, 0.5) is 8.78 Å². The van der Waals surface area contributed by atoms with Crippen LogP contribution in [0.3, 0.4) is 0 Å². The molecule has 1 heterocycles. The Labute approximate surface area is 157 Å². The minimum Gasteiger partial charge on any atom is -0.493 e. The molecule has 0 saturated carbocycles. The van der Waals surface area contributed by atoms with Crippen LogP contribution in [0.5, 0.6) is 11.5 Å². The van der Waals surface area contributed by atoms with Crippen LogP contribution in [0.1, 0.15) is 5.56 Å². The monoisotopic (exact) mass is 387 g/mol. The van der Waals surface area contributed by atoms with Crippen molar-refractivity contribution in [1.82, 2.24) is 9.66 Å². The number of alkyl halides is 2. The molecule has 0 aliphatic carbocycles. The van der Waals surface area contributed by atoms with E-state index in [1.165, 1.54) is 31.6 Å². The molecule has 0 atom stereocenters. The van der Waals surface area contributed by atoms with Gasteiger partial charge in [0, 0.05) is 11.6 Å². The molecule has 2 aromatic carbocycles. The average molecular weight is 387 g/mol. The summed E-state index contributed by atoms with van der Waals surface area (Å²) >= 11 is 0.